The number of rotatable bonds is 8. The van der Waals surface area contributed by atoms with Crippen molar-refractivity contribution in [2.24, 2.45) is 0 Å². The van der Waals surface area contributed by atoms with Gasteiger partial charge in [-0.2, -0.15) is 0 Å². The van der Waals surface area contributed by atoms with Crippen LogP contribution in [0, 0.1) is 0 Å². The van der Waals surface area contributed by atoms with E-state index >= 15 is 0 Å². The summed E-state index contributed by atoms with van der Waals surface area (Å²) in [6.45, 7) is -0.220. The van der Waals surface area contributed by atoms with Gasteiger partial charge in [0.2, 0.25) is 0 Å². The fourth-order valence-electron chi connectivity index (χ4n) is 4.03. The third-order valence-corrected chi connectivity index (χ3v) is 6.38. The van der Waals surface area contributed by atoms with Crippen molar-refractivity contribution < 1.29 is 19.4 Å². The molecule has 38 heavy (non-hydrogen) atoms. The molecule has 0 saturated heterocycles. The standard InChI is InChI=1S/C30H22Cl2N2O4/c31-20-11-13-22(14-12-20)38-23-9-4-6-19(16-23)28(34-27(35)18-37-21-7-2-1-3-8-21)25-17-26(32)24-10-5-15-33-29(24)30(25)36/h1-17,28,36H,18H2,(H,34,35). The number of phenols is 1. The van der Waals surface area contributed by atoms with Crippen LogP contribution in [0.25, 0.3) is 10.9 Å². The molecule has 0 saturated carbocycles. The summed E-state index contributed by atoms with van der Waals surface area (Å²) < 4.78 is 11.6. The lowest BCUT2D eigenvalue weighted by atomic mass is 9.96. The number of para-hydroxylation sites is 1. The molecule has 0 spiro atoms. The second-order valence-corrected chi connectivity index (χ2v) is 9.27. The Labute approximate surface area is 229 Å². The van der Waals surface area contributed by atoms with E-state index in [2.05, 4.69) is 10.3 Å². The zero-order valence-electron chi connectivity index (χ0n) is 20.0. The van der Waals surface area contributed by atoms with Gasteiger partial charge in [0.25, 0.3) is 5.91 Å². The van der Waals surface area contributed by atoms with E-state index in [0.29, 0.717) is 49.3 Å². The van der Waals surface area contributed by atoms with Gasteiger partial charge in [0, 0.05) is 22.2 Å². The summed E-state index contributed by atoms with van der Waals surface area (Å²) >= 11 is 12.6. The van der Waals surface area contributed by atoms with E-state index in [1.807, 2.05) is 24.3 Å². The van der Waals surface area contributed by atoms with Crippen LogP contribution in [0.3, 0.4) is 0 Å². The second-order valence-electron chi connectivity index (χ2n) is 8.43. The van der Waals surface area contributed by atoms with Crippen molar-refractivity contribution in [3.8, 4) is 23.0 Å². The SMILES string of the molecule is O=C(COc1ccccc1)NC(c1cccc(Oc2ccc(Cl)cc2)c1)c1cc(Cl)c2cccnc2c1O. The third kappa shape index (κ3) is 5.83. The first-order valence-electron chi connectivity index (χ1n) is 11.7. The minimum absolute atomic E-state index is 0.0803. The largest absolute Gasteiger partial charge is 0.505 e. The number of carbonyl (C=O) groups is 1. The smallest absolute Gasteiger partial charge is 0.258 e. The number of fused-ring (bicyclic) bond motifs is 1. The predicted octanol–water partition coefficient (Wildman–Crippen LogP) is 7.32. The highest BCUT2D eigenvalue weighted by atomic mass is 35.5. The fraction of sp³-hybridized carbons (Fsp3) is 0.0667. The summed E-state index contributed by atoms with van der Waals surface area (Å²) in [4.78, 5) is 17.3. The Balaban J connectivity index is 1.50. The van der Waals surface area contributed by atoms with Gasteiger partial charge in [-0.1, -0.05) is 53.5 Å². The zero-order valence-corrected chi connectivity index (χ0v) is 21.5. The second kappa shape index (κ2) is 11.4. The number of phenolic OH excluding ortho intramolecular Hbond substituents is 1. The number of ether oxygens (including phenoxy) is 2. The lowest BCUT2D eigenvalue weighted by Gasteiger charge is -2.22. The number of nitrogens with zero attached hydrogens (tertiary/aromatic N) is 1. The van der Waals surface area contributed by atoms with Crippen LogP contribution >= 0.6 is 23.2 Å². The summed E-state index contributed by atoms with van der Waals surface area (Å²) in [5, 5.41) is 15.8. The number of nitrogens with one attached hydrogen (secondary N) is 1. The number of pyridine rings is 1. The lowest BCUT2D eigenvalue weighted by molar-refractivity contribution is -0.123. The molecule has 0 aliphatic carbocycles. The maximum absolute atomic E-state index is 13.0. The Hall–Kier alpha value is -4.26. The van der Waals surface area contributed by atoms with Crippen molar-refractivity contribution in [2.45, 2.75) is 6.04 Å². The maximum Gasteiger partial charge on any atom is 0.258 e. The number of halogens is 2. The molecule has 5 aromatic rings. The molecule has 2 N–H and O–H groups in total. The van der Waals surface area contributed by atoms with Crippen molar-refractivity contribution in [1.82, 2.24) is 10.3 Å². The molecule has 190 valence electrons. The first-order valence-corrected chi connectivity index (χ1v) is 12.5. The highest BCUT2D eigenvalue weighted by molar-refractivity contribution is 6.35. The van der Waals surface area contributed by atoms with Crippen molar-refractivity contribution >= 4 is 40.0 Å². The Morgan fingerprint density at radius 2 is 1.63 bits per heavy atom. The Morgan fingerprint density at radius 1 is 0.868 bits per heavy atom. The highest BCUT2D eigenvalue weighted by Crippen LogP contribution is 2.39. The van der Waals surface area contributed by atoms with E-state index in [-0.39, 0.29) is 18.3 Å². The quantitative estimate of drug-likeness (QED) is 0.214. The minimum atomic E-state index is -0.778. The molecule has 0 fully saturated rings. The van der Waals surface area contributed by atoms with Crippen molar-refractivity contribution in [3.63, 3.8) is 0 Å². The highest BCUT2D eigenvalue weighted by Gasteiger charge is 2.24. The molecule has 0 radical (unpaired) electrons. The average molecular weight is 545 g/mol. The number of amides is 1. The number of hydrogen-bond donors (Lipinski definition) is 2. The molecule has 0 aliphatic heterocycles. The number of carbonyl (C=O) groups excluding carboxylic acids is 1. The van der Waals surface area contributed by atoms with Crippen LogP contribution in [0.4, 0.5) is 0 Å². The summed E-state index contributed by atoms with van der Waals surface area (Å²) in [5.74, 6) is 1.24. The van der Waals surface area contributed by atoms with Crippen LogP contribution in [-0.4, -0.2) is 22.6 Å². The number of aromatic hydroxyl groups is 1. The summed E-state index contributed by atoms with van der Waals surface area (Å²) in [5.41, 5.74) is 1.38. The molecule has 1 unspecified atom stereocenters. The normalized spacial score (nSPS) is 11.6. The van der Waals surface area contributed by atoms with E-state index < -0.39 is 6.04 Å². The van der Waals surface area contributed by atoms with Gasteiger partial charge in [-0.15, -0.1) is 0 Å². The minimum Gasteiger partial charge on any atom is -0.505 e. The molecule has 1 heterocycles. The third-order valence-electron chi connectivity index (χ3n) is 5.82. The molecule has 1 aromatic heterocycles. The molecule has 8 heteroatoms. The number of benzene rings is 4. The van der Waals surface area contributed by atoms with Gasteiger partial charge in [0.15, 0.2) is 6.61 Å². The fourth-order valence-corrected chi connectivity index (χ4v) is 4.43. The first kappa shape index (κ1) is 25.4. The molecular weight excluding hydrogens is 523 g/mol. The van der Waals surface area contributed by atoms with Gasteiger partial charge >= 0.3 is 0 Å². The van der Waals surface area contributed by atoms with Crippen LogP contribution in [0.5, 0.6) is 23.0 Å². The molecule has 5 rings (SSSR count). The molecular formula is C30H22Cl2N2O4. The molecule has 1 amide bonds. The van der Waals surface area contributed by atoms with E-state index in [1.165, 1.54) is 0 Å². The number of aromatic nitrogens is 1. The van der Waals surface area contributed by atoms with Crippen molar-refractivity contribution in [3.05, 3.63) is 124 Å². The Kier molecular flexibility index (Phi) is 7.63. The summed E-state index contributed by atoms with van der Waals surface area (Å²) in [6, 6.07) is 27.6. The molecule has 1 atom stereocenters. The van der Waals surface area contributed by atoms with Crippen molar-refractivity contribution in [1.29, 1.82) is 0 Å². The summed E-state index contributed by atoms with van der Waals surface area (Å²) in [6.07, 6.45) is 1.57. The van der Waals surface area contributed by atoms with Gasteiger partial charge in [-0.25, -0.2) is 0 Å². The van der Waals surface area contributed by atoms with Crippen molar-refractivity contribution in [2.75, 3.05) is 6.61 Å². The van der Waals surface area contributed by atoms with E-state index in [1.54, 1.807) is 79.0 Å². The molecule has 4 aromatic carbocycles. The topological polar surface area (TPSA) is 80.7 Å². The van der Waals surface area contributed by atoms with Gasteiger partial charge in [0.05, 0.1) is 11.1 Å². The Morgan fingerprint density at radius 3 is 2.42 bits per heavy atom. The van der Waals surface area contributed by atoms with Crippen LogP contribution in [0.1, 0.15) is 17.2 Å². The van der Waals surface area contributed by atoms with E-state index in [9.17, 15) is 9.90 Å². The average Bonchev–Trinajstić information content (AvgIpc) is 2.95. The molecule has 6 nitrogen and oxygen atoms in total. The Bertz CT molecular complexity index is 1580. The van der Waals surface area contributed by atoms with Crippen LogP contribution in [0.15, 0.2) is 103 Å². The molecule has 0 bridgehead atoms. The van der Waals surface area contributed by atoms with Gasteiger partial charge in [0.1, 0.15) is 28.5 Å². The monoisotopic (exact) mass is 544 g/mol. The summed E-state index contributed by atoms with van der Waals surface area (Å²) in [7, 11) is 0. The zero-order chi connectivity index (χ0) is 26.5. The number of hydrogen-bond acceptors (Lipinski definition) is 5. The van der Waals surface area contributed by atoms with Crippen LogP contribution < -0.4 is 14.8 Å². The van der Waals surface area contributed by atoms with Gasteiger partial charge < -0.3 is 19.9 Å². The maximum atomic E-state index is 13.0. The lowest BCUT2D eigenvalue weighted by Crippen LogP contribution is -2.33. The van der Waals surface area contributed by atoms with E-state index in [0.717, 1.165) is 0 Å². The van der Waals surface area contributed by atoms with Gasteiger partial charge in [-0.05, 0) is 72.3 Å². The molecule has 0 aliphatic rings. The van der Waals surface area contributed by atoms with E-state index in [4.69, 9.17) is 32.7 Å². The first-order chi connectivity index (χ1) is 18.5. The van der Waals surface area contributed by atoms with Gasteiger partial charge in [-0.3, -0.25) is 9.78 Å². The van der Waals surface area contributed by atoms with Crippen LogP contribution in [0.2, 0.25) is 10.0 Å². The predicted molar refractivity (Wildman–Crippen MR) is 148 cm³/mol. The van der Waals surface area contributed by atoms with Crippen LogP contribution in [-0.2, 0) is 4.79 Å².